The van der Waals surface area contributed by atoms with Crippen molar-refractivity contribution >= 4 is 17.0 Å². The average molecular weight is 282 g/mol. The van der Waals surface area contributed by atoms with Gasteiger partial charge in [0.1, 0.15) is 24.9 Å². The molecule has 0 fully saturated rings. The summed E-state index contributed by atoms with van der Waals surface area (Å²) in [5, 5.41) is 3.01. The van der Waals surface area contributed by atoms with Gasteiger partial charge in [0.25, 0.3) is 0 Å². The number of hydrogen-bond acceptors (Lipinski definition) is 5. The van der Waals surface area contributed by atoms with Gasteiger partial charge in [0, 0.05) is 7.05 Å². The van der Waals surface area contributed by atoms with E-state index < -0.39 is 0 Å². The number of para-hydroxylation sites is 1. The number of nitrogens with one attached hydrogen (secondary N) is 2. The van der Waals surface area contributed by atoms with Gasteiger partial charge >= 0.3 is 0 Å². The minimum atomic E-state index is 0.548. The predicted molar refractivity (Wildman–Crippen MR) is 79.9 cm³/mol. The van der Waals surface area contributed by atoms with Crippen molar-refractivity contribution in [2.75, 3.05) is 25.6 Å². The zero-order chi connectivity index (χ0) is 14.2. The Kier molecular flexibility index (Phi) is 2.67. The topological polar surface area (TPSA) is 72.1 Å². The molecule has 106 valence electrons. The zero-order valence-corrected chi connectivity index (χ0v) is 11.5. The van der Waals surface area contributed by atoms with Crippen LogP contribution in [0.3, 0.4) is 0 Å². The molecule has 3 aromatic rings. The Morgan fingerprint density at radius 1 is 1.10 bits per heavy atom. The van der Waals surface area contributed by atoms with Gasteiger partial charge in [-0.15, -0.1) is 0 Å². The standard InChI is InChI=1S/C15H14N4O2/c1-16-12-6-5-10-15(18-12)19-14(17-10)9-3-2-4-11-13(9)21-8-7-20-11/h2-6H,7-8H2,1H3,(H2,16,17,18,19). The van der Waals surface area contributed by atoms with Crippen LogP contribution in [0.2, 0.25) is 0 Å². The molecular weight excluding hydrogens is 268 g/mol. The third kappa shape index (κ3) is 1.96. The van der Waals surface area contributed by atoms with Crippen LogP contribution >= 0.6 is 0 Å². The Morgan fingerprint density at radius 3 is 2.90 bits per heavy atom. The van der Waals surface area contributed by atoms with Crippen molar-refractivity contribution in [1.29, 1.82) is 0 Å². The highest BCUT2D eigenvalue weighted by molar-refractivity contribution is 5.80. The van der Waals surface area contributed by atoms with Gasteiger partial charge in [-0.3, -0.25) is 0 Å². The van der Waals surface area contributed by atoms with Crippen molar-refractivity contribution in [2.45, 2.75) is 0 Å². The summed E-state index contributed by atoms with van der Waals surface area (Å²) < 4.78 is 11.3. The number of aromatic nitrogens is 3. The van der Waals surface area contributed by atoms with Crippen LogP contribution in [0.25, 0.3) is 22.6 Å². The summed E-state index contributed by atoms with van der Waals surface area (Å²) in [4.78, 5) is 12.3. The molecule has 2 aromatic heterocycles. The van der Waals surface area contributed by atoms with E-state index in [4.69, 9.17) is 9.47 Å². The Balaban J connectivity index is 1.86. The molecule has 0 saturated heterocycles. The lowest BCUT2D eigenvalue weighted by atomic mass is 10.1. The molecule has 0 unspecified atom stereocenters. The van der Waals surface area contributed by atoms with Gasteiger partial charge in [-0.2, -0.15) is 0 Å². The molecule has 6 nitrogen and oxygen atoms in total. The van der Waals surface area contributed by atoms with Gasteiger partial charge in [-0.25, -0.2) is 9.97 Å². The minimum absolute atomic E-state index is 0.548. The monoisotopic (exact) mass is 282 g/mol. The normalized spacial score (nSPS) is 13.4. The van der Waals surface area contributed by atoms with E-state index in [1.54, 1.807) is 0 Å². The first-order chi connectivity index (χ1) is 10.3. The molecule has 0 spiro atoms. The minimum Gasteiger partial charge on any atom is -0.486 e. The molecule has 0 bridgehead atoms. The number of imidazole rings is 1. The first-order valence-corrected chi connectivity index (χ1v) is 6.78. The van der Waals surface area contributed by atoms with E-state index in [2.05, 4.69) is 20.3 Å². The molecule has 0 amide bonds. The van der Waals surface area contributed by atoms with E-state index in [0.717, 1.165) is 34.2 Å². The van der Waals surface area contributed by atoms with Crippen LogP contribution in [0.5, 0.6) is 11.5 Å². The lowest BCUT2D eigenvalue weighted by Gasteiger charge is -2.20. The van der Waals surface area contributed by atoms with Crippen LogP contribution in [0.4, 0.5) is 5.82 Å². The molecule has 0 aliphatic carbocycles. The summed E-state index contributed by atoms with van der Waals surface area (Å²) in [6.45, 7) is 1.12. The van der Waals surface area contributed by atoms with E-state index in [1.165, 1.54) is 0 Å². The third-order valence-corrected chi connectivity index (χ3v) is 3.42. The predicted octanol–water partition coefficient (Wildman–Crippen LogP) is 2.44. The van der Waals surface area contributed by atoms with E-state index >= 15 is 0 Å². The number of pyridine rings is 1. The fourth-order valence-electron chi connectivity index (χ4n) is 2.42. The maximum atomic E-state index is 5.73. The molecule has 21 heavy (non-hydrogen) atoms. The molecule has 6 heteroatoms. The fraction of sp³-hybridized carbons (Fsp3) is 0.200. The lowest BCUT2D eigenvalue weighted by Crippen LogP contribution is -2.15. The molecular formula is C15H14N4O2. The van der Waals surface area contributed by atoms with Crippen molar-refractivity contribution in [3.63, 3.8) is 0 Å². The number of H-pyrrole nitrogens is 1. The smallest absolute Gasteiger partial charge is 0.180 e. The molecule has 1 aliphatic rings. The maximum Gasteiger partial charge on any atom is 0.180 e. The van der Waals surface area contributed by atoms with Crippen LogP contribution in [-0.4, -0.2) is 35.2 Å². The first kappa shape index (κ1) is 12.0. The second-order valence-electron chi connectivity index (χ2n) is 4.73. The van der Waals surface area contributed by atoms with Gasteiger partial charge in [0.2, 0.25) is 0 Å². The molecule has 0 radical (unpaired) electrons. The summed E-state index contributed by atoms with van der Waals surface area (Å²) >= 11 is 0. The summed E-state index contributed by atoms with van der Waals surface area (Å²) in [5.41, 5.74) is 2.45. The van der Waals surface area contributed by atoms with Crippen molar-refractivity contribution in [3.8, 4) is 22.9 Å². The fourth-order valence-corrected chi connectivity index (χ4v) is 2.42. The number of aromatic amines is 1. The number of nitrogens with zero attached hydrogens (tertiary/aromatic N) is 2. The van der Waals surface area contributed by atoms with Gasteiger partial charge in [0.15, 0.2) is 17.1 Å². The SMILES string of the molecule is CNc1ccc2[nH]c(-c3cccc4c3OCCO4)nc2n1. The van der Waals surface area contributed by atoms with E-state index in [0.29, 0.717) is 18.9 Å². The maximum absolute atomic E-state index is 5.73. The summed E-state index contributed by atoms with van der Waals surface area (Å²) in [6.07, 6.45) is 0. The molecule has 3 heterocycles. The zero-order valence-electron chi connectivity index (χ0n) is 11.5. The largest absolute Gasteiger partial charge is 0.486 e. The highest BCUT2D eigenvalue weighted by Gasteiger charge is 2.19. The Bertz CT molecular complexity index is 813. The highest BCUT2D eigenvalue weighted by Crippen LogP contribution is 2.39. The number of benzene rings is 1. The van der Waals surface area contributed by atoms with Crippen LogP contribution in [-0.2, 0) is 0 Å². The van der Waals surface area contributed by atoms with Gasteiger partial charge in [-0.1, -0.05) is 6.07 Å². The van der Waals surface area contributed by atoms with Crippen LogP contribution in [0.1, 0.15) is 0 Å². The van der Waals surface area contributed by atoms with E-state index in [-0.39, 0.29) is 0 Å². The summed E-state index contributed by atoms with van der Waals surface area (Å²) in [5.74, 6) is 3.00. The van der Waals surface area contributed by atoms with Gasteiger partial charge in [-0.05, 0) is 24.3 Å². The van der Waals surface area contributed by atoms with Crippen molar-refractivity contribution in [3.05, 3.63) is 30.3 Å². The van der Waals surface area contributed by atoms with Gasteiger partial charge < -0.3 is 19.8 Å². The van der Waals surface area contributed by atoms with Crippen LogP contribution in [0, 0.1) is 0 Å². The molecule has 4 rings (SSSR count). The van der Waals surface area contributed by atoms with E-state index in [9.17, 15) is 0 Å². The number of hydrogen-bond donors (Lipinski definition) is 2. The second-order valence-corrected chi connectivity index (χ2v) is 4.73. The number of anilines is 1. The highest BCUT2D eigenvalue weighted by atomic mass is 16.6. The van der Waals surface area contributed by atoms with Crippen molar-refractivity contribution < 1.29 is 9.47 Å². The Labute approximate surface area is 121 Å². The average Bonchev–Trinajstić information content (AvgIpc) is 2.97. The molecule has 1 aliphatic heterocycles. The molecule has 2 N–H and O–H groups in total. The van der Waals surface area contributed by atoms with Crippen LogP contribution in [0.15, 0.2) is 30.3 Å². The molecule has 1 aromatic carbocycles. The lowest BCUT2D eigenvalue weighted by molar-refractivity contribution is 0.172. The summed E-state index contributed by atoms with van der Waals surface area (Å²) in [7, 11) is 1.83. The molecule has 0 atom stereocenters. The van der Waals surface area contributed by atoms with E-state index in [1.807, 2.05) is 37.4 Å². The van der Waals surface area contributed by atoms with Crippen molar-refractivity contribution in [1.82, 2.24) is 15.0 Å². The number of fused-ring (bicyclic) bond motifs is 2. The number of rotatable bonds is 2. The third-order valence-electron chi connectivity index (χ3n) is 3.42. The Morgan fingerprint density at radius 2 is 2.00 bits per heavy atom. The van der Waals surface area contributed by atoms with Crippen molar-refractivity contribution in [2.24, 2.45) is 0 Å². The quantitative estimate of drug-likeness (QED) is 0.755. The van der Waals surface area contributed by atoms with Crippen LogP contribution < -0.4 is 14.8 Å². The number of ether oxygens (including phenoxy) is 2. The summed E-state index contributed by atoms with van der Waals surface area (Å²) in [6, 6.07) is 9.66. The Hall–Kier alpha value is -2.76. The van der Waals surface area contributed by atoms with Gasteiger partial charge in [0.05, 0.1) is 11.1 Å². The first-order valence-electron chi connectivity index (χ1n) is 6.78. The molecule has 0 saturated carbocycles. The second kappa shape index (κ2) is 4.66.